The molecule has 0 unspecified atom stereocenters. The van der Waals surface area contributed by atoms with Crippen molar-refractivity contribution in [3.8, 4) is 0 Å². The zero-order chi connectivity index (χ0) is 22.7. The number of hydrogen-bond donors (Lipinski definition) is 1. The highest BCUT2D eigenvalue weighted by atomic mass is 32.1. The Morgan fingerprint density at radius 3 is 2.07 bits per heavy atom. The number of amides is 2. The Balaban J connectivity index is 2.32. The third-order valence-electron chi connectivity index (χ3n) is 3.82. The first kappa shape index (κ1) is 23.6. The van der Waals surface area contributed by atoms with E-state index in [9.17, 15) is 35.9 Å². The lowest BCUT2D eigenvalue weighted by molar-refractivity contribution is -0.143. The summed E-state index contributed by atoms with van der Waals surface area (Å²) in [5, 5.41) is 4.38. The predicted octanol–water partition coefficient (Wildman–Crippen LogP) is 4.98. The van der Waals surface area contributed by atoms with E-state index in [0.717, 1.165) is 16.2 Å². The van der Waals surface area contributed by atoms with Gasteiger partial charge in [0, 0.05) is 17.5 Å². The summed E-state index contributed by atoms with van der Waals surface area (Å²) in [6.07, 6.45) is -9.82. The van der Waals surface area contributed by atoms with E-state index >= 15 is 0 Å². The molecule has 1 aromatic carbocycles. The molecule has 0 saturated heterocycles. The molecule has 2 amide bonds. The van der Waals surface area contributed by atoms with Gasteiger partial charge >= 0.3 is 12.4 Å². The van der Waals surface area contributed by atoms with Gasteiger partial charge in [0.2, 0.25) is 5.91 Å². The number of nitrogens with one attached hydrogen (secondary N) is 1. The fourth-order valence-corrected chi connectivity index (χ4v) is 3.23. The van der Waals surface area contributed by atoms with Crippen LogP contribution in [0.1, 0.15) is 40.5 Å². The second-order valence-corrected chi connectivity index (χ2v) is 7.22. The van der Waals surface area contributed by atoms with E-state index in [-0.39, 0.29) is 17.7 Å². The summed E-state index contributed by atoms with van der Waals surface area (Å²) >= 11 is 1.14. The first-order valence-corrected chi connectivity index (χ1v) is 9.50. The predicted molar refractivity (Wildman–Crippen MR) is 98.1 cm³/mol. The summed E-state index contributed by atoms with van der Waals surface area (Å²) in [5.41, 5.74) is -3.34. The number of alkyl halides is 6. The van der Waals surface area contributed by atoms with Crippen molar-refractivity contribution in [2.24, 2.45) is 0 Å². The quantitative estimate of drug-likeness (QED) is 0.628. The molecule has 1 heterocycles. The van der Waals surface area contributed by atoms with Gasteiger partial charge in [0.1, 0.15) is 6.54 Å². The first-order valence-electron chi connectivity index (χ1n) is 8.62. The van der Waals surface area contributed by atoms with E-state index in [0.29, 0.717) is 24.2 Å². The van der Waals surface area contributed by atoms with Crippen LogP contribution in [0.15, 0.2) is 23.6 Å². The second-order valence-electron chi connectivity index (χ2n) is 6.36. The van der Waals surface area contributed by atoms with Crippen molar-refractivity contribution in [1.29, 1.82) is 0 Å². The van der Waals surface area contributed by atoms with Gasteiger partial charge in [0.15, 0.2) is 5.13 Å². The van der Waals surface area contributed by atoms with Crippen molar-refractivity contribution >= 4 is 28.3 Å². The van der Waals surface area contributed by atoms with E-state index in [2.05, 4.69) is 10.3 Å². The fourth-order valence-electron chi connectivity index (χ4n) is 2.53. The molecule has 12 heteroatoms. The number of aromatic nitrogens is 1. The van der Waals surface area contributed by atoms with Crippen molar-refractivity contribution in [2.75, 3.05) is 18.4 Å². The molecule has 0 aliphatic heterocycles. The number of nitrogens with zero attached hydrogens (tertiary/aromatic N) is 2. The molecule has 2 aromatic rings. The molecule has 164 valence electrons. The average Bonchev–Trinajstić information content (AvgIpc) is 3.03. The molecular weight excluding hydrogens is 436 g/mol. The van der Waals surface area contributed by atoms with Gasteiger partial charge in [-0.3, -0.25) is 9.59 Å². The highest BCUT2D eigenvalue weighted by Gasteiger charge is 2.38. The Kier molecular flexibility index (Phi) is 7.11. The van der Waals surface area contributed by atoms with Crippen LogP contribution in [0.5, 0.6) is 0 Å². The van der Waals surface area contributed by atoms with Gasteiger partial charge in [-0.2, -0.15) is 26.3 Å². The zero-order valence-electron chi connectivity index (χ0n) is 15.8. The number of hydrogen-bond acceptors (Lipinski definition) is 4. The number of thiazole rings is 1. The Morgan fingerprint density at radius 1 is 1.07 bits per heavy atom. The van der Waals surface area contributed by atoms with E-state index in [4.69, 9.17) is 0 Å². The molecule has 1 N–H and O–H groups in total. The van der Waals surface area contributed by atoms with E-state index in [1.54, 1.807) is 19.2 Å². The lowest BCUT2D eigenvalue weighted by Gasteiger charge is -2.22. The lowest BCUT2D eigenvalue weighted by atomic mass is 10.0. The van der Waals surface area contributed by atoms with Crippen LogP contribution in [0, 0.1) is 6.92 Å². The van der Waals surface area contributed by atoms with Crippen molar-refractivity contribution in [3.05, 3.63) is 46.0 Å². The Hall–Kier alpha value is -2.63. The molecule has 30 heavy (non-hydrogen) atoms. The summed E-state index contributed by atoms with van der Waals surface area (Å²) in [6, 6.07) is 0.642. The minimum absolute atomic E-state index is 0.0409. The Morgan fingerprint density at radius 2 is 1.63 bits per heavy atom. The lowest BCUT2D eigenvalue weighted by Crippen LogP contribution is -2.38. The minimum atomic E-state index is -5.08. The third kappa shape index (κ3) is 6.18. The van der Waals surface area contributed by atoms with Gasteiger partial charge in [-0.05, 0) is 31.5 Å². The normalized spacial score (nSPS) is 12.0. The molecule has 0 bridgehead atoms. The van der Waals surface area contributed by atoms with Gasteiger partial charge in [0.05, 0.1) is 16.8 Å². The molecule has 2 rings (SSSR count). The van der Waals surface area contributed by atoms with Crippen LogP contribution in [0.25, 0.3) is 0 Å². The van der Waals surface area contributed by atoms with Crippen LogP contribution < -0.4 is 5.32 Å². The van der Waals surface area contributed by atoms with Crippen molar-refractivity contribution in [3.63, 3.8) is 0 Å². The third-order valence-corrected chi connectivity index (χ3v) is 4.69. The van der Waals surface area contributed by atoms with Gasteiger partial charge in [0.25, 0.3) is 5.91 Å². The largest absolute Gasteiger partial charge is 0.416 e. The number of carbonyl (C=O) groups is 2. The van der Waals surface area contributed by atoms with Gasteiger partial charge in [-0.25, -0.2) is 4.98 Å². The van der Waals surface area contributed by atoms with Crippen LogP contribution >= 0.6 is 11.3 Å². The van der Waals surface area contributed by atoms with Gasteiger partial charge in [-0.15, -0.1) is 11.3 Å². The van der Waals surface area contributed by atoms with Gasteiger partial charge in [-0.1, -0.05) is 6.92 Å². The topological polar surface area (TPSA) is 62.3 Å². The highest BCUT2D eigenvalue weighted by Crippen LogP contribution is 2.36. The van der Waals surface area contributed by atoms with Crippen LogP contribution in [0.2, 0.25) is 0 Å². The van der Waals surface area contributed by atoms with E-state index < -0.39 is 47.4 Å². The summed E-state index contributed by atoms with van der Waals surface area (Å²) in [7, 11) is 0. The number of aryl methyl sites for hydroxylation is 1. The molecule has 0 atom stereocenters. The second kappa shape index (κ2) is 9.02. The van der Waals surface area contributed by atoms with Crippen LogP contribution in [-0.4, -0.2) is 34.8 Å². The van der Waals surface area contributed by atoms with E-state index in [1.807, 2.05) is 0 Å². The molecule has 0 aliphatic rings. The summed E-state index contributed by atoms with van der Waals surface area (Å²) in [6.45, 7) is 2.75. The number of halogens is 6. The molecule has 0 radical (unpaired) electrons. The van der Waals surface area contributed by atoms with Crippen LogP contribution in [0.4, 0.5) is 31.5 Å². The molecular formula is C18H17F6N3O2S. The highest BCUT2D eigenvalue weighted by molar-refractivity contribution is 7.13. The van der Waals surface area contributed by atoms with Crippen molar-refractivity contribution < 1.29 is 35.9 Å². The molecule has 0 fully saturated rings. The standard InChI is InChI=1S/C18H17F6N3O2S/c1-3-4-27(8-14(28)26-16-25-10(2)9-30-16)15(29)11-5-12(17(19,20)21)7-13(6-11)18(22,23)24/h5-7,9H,3-4,8H2,1-2H3,(H,25,26,28). The zero-order valence-corrected chi connectivity index (χ0v) is 16.6. The maximum absolute atomic E-state index is 13.0. The molecule has 0 saturated carbocycles. The van der Waals surface area contributed by atoms with E-state index in [1.165, 1.54) is 0 Å². The number of benzene rings is 1. The summed E-state index contributed by atoms with van der Waals surface area (Å²) < 4.78 is 78.2. The Labute approximate surface area is 171 Å². The monoisotopic (exact) mass is 453 g/mol. The first-order chi connectivity index (χ1) is 13.8. The molecule has 0 spiro atoms. The maximum atomic E-state index is 13.0. The van der Waals surface area contributed by atoms with Gasteiger partial charge < -0.3 is 10.2 Å². The average molecular weight is 453 g/mol. The maximum Gasteiger partial charge on any atom is 0.416 e. The minimum Gasteiger partial charge on any atom is -0.329 e. The van der Waals surface area contributed by atoms with Crippen molar-refractivity contribution in [1.82, 2.24) is 9.88 Å². The number of rotatable bonds is 6. The van der Waals surface area contributed by atoms with Crippen LogP contribution in [-0.2, 0) is 17.1 Å². The number of carbonyl (C=O) groups excluding carboxylic acids is 2. The fraction of sp³-hybridized carbons (Fsp3) is 0.389. The van der Waals surface area contributed by atoms with Crippen molar-refractivity contribution in [2.45, 2.75) is 32.6 Å². The molecule has 5 nitrogen and oxygen atoms in total. The van der Waals surface area contributed by atoms with Crippen LogP contribution in [0.3, 0.4) is 0 Å². The number of anilines is 1. The smallest absolute Gasteiger partial charge is 0.329 e. The molecule has 0 aliphatic carbocycles. The summed E-state index contributed by atoms with van der Waals surface area (Å²) in [4.78, 5) is 29.8. The molecule has 1 aromatic heterocycles. The Bertz CT molecular complexity index is 891. The summed E-state index contributed by atoms with van der Waals surface area (Å²) in [5.74, 6) is -1.78. The SMILES string of the molecule is CCCN(CC(=O)Nc1nc(C)cs1)C(=O)c1cc(C(F)(F)F)cc(C(F)(F)F)c1.